The van der Waals surface area contributed by atoms with Crippen LogP contribution in [0.3, 0.4) is 0 Å². The molecule has 2 aromatic carbocycles. The third kappa shape index (κ3) is 12.2. The third-order valence-corrected chi connectivity index (χ3v) is 8.17. The first-order chi connectivity index (χ1) is 26.0. The van der Waals surface area contributed by atoms with Crippen LogP contribution in [0.25, 0.3) is 21.5 Å². The SMILES string of the molecule is CCC(CO)(CO)CO.O=C(O)c1ccc2c(c1)C(=O)OC2=O.O=c1oc(=O)c2cc3c(=O)oc(=O)c3cc12.OCC(CO)(CO)CO.OCC(CO)CO. The maximum absolute atomic E-state index is 11.2. The minimum absolute atomic E-state index is 0.00917. The van der Waals surface area contributed by atoms with Crippen molar-refractivity contribution < 1.29 is 84.1 Å². The molecule has 21 heteroatoms. The first kappa shape index (κ1) is 48.0. The zero-order chi connectivity index (χ0) is 42.1. The summed E-state index contributed by atoms with van der Waals surface area (Å²) in [7, 11) is 0. The molecule has 0 fully saturated rings. The Bertz CT molecular complexity index is 1850. The van der Waals surface area contributed by atoms with Gasteiger partial charge in [-0.2, -0.15) is 0 Å². The van der Waals surface area contributed by atoms with Gasteiger partial charge in [0.15, 0.2) is 0 Å². The topological polar surface area (TPSA) is 378 Å². The molecule has 0 bridgehead atoms. The lowest BCUT2D eigenvalue weighted by atomic mass is 9.88. The van der Waals surface area contributed by atoms with Gasteiger partial charge in [0.05, 0.1) is 110 Å². The van der Waals surface area contributed by atoms with E-state index in [9.17, 15) is 33.6 Å². The zero-order valence-electron chi connectivity index (χ0n) is 29.2. The number of cyclic esters (lactones) is 2. The summed E-state index contributed by atoms with van der Waals surface area (Å²) >= 11 is 0. The van der Waals surface area contributed by atoms with E-state index in [0.29, 0.717) is 6.42 Å². The molecule has 304 valence electrons. The molecule has 0 radical (unpaired) electrons. The molecule has 11 N–H and O–H groups in total. The third-order valence-electron chi connectivity index (χ3n) is 8.17. The first-order valence-corrected chi connectivity index (χ1v) is 15.9. The monoisotopic (exact) mass is 786 g/mol. The second-order valence-electron chi connectivity index (χ2n) is 11.9. The van der Waals surface area contributed by atoms with Gasteiger partial charge in [-0.1, -0.05) is 6.92 Å². The fourth-order valence-corrected chi connectivity index (χ4v) is 3.84. The molecule has 1 aliphatic rings. The second-order valence-corrected chi connectivity index (χ2v) is 11.9. The highest BCUT2D eigenvalue weighted by Gasteiger charge is 2.30. The van der Waals surface area contributed by atoms with Gasteiger partial charge in [-0.25, -0.2) is 33.6 Å². The smallest absolute Gasteiger partial charge is 0.346 e. The van der Waals surface area contributed by atoms with Gasteiger partial charge >= 0.3 is 40.4 Å². The van der Waals surface area contributed by atoms with Crippen LogP contribution in [0.15, 0.2) is 58.3 Å². The molecule has 0 atom stereocenters. The Hall–Kier alpha value is -5.07. The number of esters is 2. The van der Waals surface area contributed by atoms with Crippen molar-refractivity contribution in [3.05, 3.63) is 88.7 Å². The van der Waals surface area contributed by atoms with E-state index in [2.05, 4.69) is 13.6 Å². The summed E-state index contributed by atoms with van der Waals surface area (Å²) in [5.74, 6) is -3.03. The van der Waals surface area contributed by atoms with Crippen molar-refractivity contribution in [1.82, 2.24) is 0 Å². The summed E-state index contributed by atoms with van der Waals surface area (Å²) in [5.41, 5.74) is -5.00. The van der Waals surface area contributed by atoms with Crippen molar-refractivity contribution in [2.24, 2.45) is 16.7 Å². The second kappa shape index (κ2) is 22.3. The summed E-state index contributed by atoms with van der Waals surface area (Å²) < 4.78 is 13.0. The molecule has 55 heavy (non-hydrogen) atoms. The highest BCUT2D eigenvalue weighted by Crippen LogP contribution is 2.21. The number of carbonyl (C=O) groups excluding carboxylic acids is 2. The minimum atomic E-state index is -1.15. The van der Waals surface area contributed by atoms with Crippen LogP contribution in [-0.2, 0) is 4.74 Å². The number of carboxylic acids is 1. The van der Waals surface area contributed by atoms with Crippen LogP contribution < -0.4 is 22.5 Å². The first-order valence-electron chi connectivity index (χ1n) is 15.9. The number of rotatable bonds is 12. The van der Waals surface area contributed by atoms with Gasteiger partial charge in [0.1, 0.15) is 0 Å². The van der Waals surface area contributed by atoms with Gasteiger partial charge < -0.3 is 69.7 Å². The van der Waals surface area contributed by atoms with Gasteiger partial charge in [0.2, 0.25) is 0 Å². The number of carboxylic acid groups (broad SMARTS) is 1. The normalized spacial score (nSPS) is 12.1. The van der Waals surface area contributed by atoms with Gasteiger partial charge in [0.25, 0.3) is 0 Å². The predicted molar refractivity (Wildman–Crippen MR) is 186 cm³/mol. The lowest BCUT2D eigenvalue weighted by molar-refractivity contribution is -0.0328. The molecule has 21 nitrogen and oxygen atoms in total. The molecule has 0 unspecified atom stereocenters. The number of hydrogen-bond acceptors (Lipinski definition) is 20. The lowest BCUT2D eigenvalue weighted by Crippen LogP contribution is -2.37. The number of hydrogen-bond donors (Lipinski definition) is 11. The average Bonchev–Trinajstić information content (AvgIpc) is 3.77. The van der Waals surface area contributed by atoms with Crippen LogP contribution in [0.1, 0.15) is 44.4 Å². The van der Waals surface area contributed by atoms with Crippen molar-refractivity contribution in [2.45, 2.75) is 13.3 Å². The Morgan fingerprint density at radius 2 is 0.891 bits per heavy atom. The molecule has 3 heterocycles. The van der Waals surface area contributed by atoms with E-state index in [1.165, 1.54) is 12.1 Å². The molecular weight excluding hydrogens is 744 g/mol. The maximum Gasteiger partial charge on any atom is 0.346 e. The van der Waals surface area contributed by atoms with Crippen molar-refractivity contribution in [3.63, 3.8) is 0 Å². The van der Waals surface area contributed by atoms with Crippen LogP contribution >= 0.6 is 0 Å². The Morgan fingerprint density at radius 3 is 1.13 bits per heavy atom. The van der Waals surface area contributed by atoms with Gasteiger partial charge in [-0.05, 0) is 36.8 Å². The number of fused-ring (bicyclic) bond motifs is 3. The lowest BCUT2D eigenvalue weighted by Gasteiger charge is -2.24. The number of ether oxygens (including phenoxy) is 1. The van der Waals surface area contributed by atoms with Gasteiger partial charge in [0, 0.05) is 11.3 Å². The summed E-state index contributed by atoms with van der Waals surface area (Å²) in [6.45, 7) is -0.709. The van der Waals surface area contributed by atoms with Crippen molar-refractivity contribution in [2.75, 3.05) is 66.1 Å². The average molecular weight is 787 g/mol. The molecule has 0 saturated heterocycles. The maximum atomic E-state index is 11.2. The van der Waals surface area contributed by atoms with Crippen LogP contribution in [0, 0.1) is 16.7 Å². The quantitative estimate of drug-likeness (QED) is 0.0482. The van der Waals surface area contributed by atoms with E-state index in [4.69, 9.17) is 56.2 Å². The van der Waals surface area contributed by atoms with Crippen LogP contribution in [0.4, 0.5) is 0 Å². The van der Waals surface area contributed by atoms with Crippen molar-refractivity contribution >= 4 is 39.5 Å². The molecule has 4 aromatic rings. The molecule has 0 aliphatic carbocycles. The fraction of sp³-hybridized carbons (Fsp3) is 0.441. The minimum Gasteiger partial charge on any atom is -0.478 e. The number of aliphatic hydroxyl groups excluding tert-OH is 10. The number of aromatic carboxylic acids is 1. The molecule has 0 saturated carbocycles. The van der Waals surface area contributed by atoms with E-state index in [1.54, 1.807) is 0 Å². The number of furan rings is 2. The molecular formula is C34H42O21. The Morgan fingerprint density at radius 1 is 0.545 bits per heavy atom. The van der Waals surface area contributed by atoms with Crippen molar-refractivity contribution in [3.8, 4) is 0 Å². The van der Waals surface area contributed by atoms with E-state index < -0.39 is 77.7 Å². The van der Waals surface area contributed by atoms with Crippen LogP contribution in [-0.4, -0.2) is 140 Å². The predicted octanol–water partition coefficient (Wildman–Crippen LogP) is -3.93. The Labute approximate surface area is 308 Å². The highest BCUT2D eigenvalue weighted by atomic mass is 16.6. The zero-order valence-corrected chi connectivity index (χ0v) is 29.2. The van der Waals surface area contributed by atoms with Crippen LogP contribution in [0.2, 0.25) is 0 Å². The van der Waals surface area contributed by atoms with Crippen LogP contribution in [0.5, 0.6) is 0 Å². The van der Waals surface area contributed by atoms with Gasteiger partial charge in [-0.15, -0.1) is 0 Å². The fourth-order valence-electron chi connectivity index (χ4n) is 3.84. The number of carbonyl (C=O) groups is 3. The molecule has 5 rings (SSSR count). The molecule has 0 spiro atoms. The highest BCUT2D eigenvalue weighted by molar-refractivity contribution is 6.15. The standard InChI is InChI=1S/C10H2O6.C9H4O5.C6H14O3.C5H12O4.C4H10O3/c11-7-3-1-4-6(10(14)16-8(4)12)2-5(3)9(13)15-7;10-7(11)4-1-2-5-6(3-4)9(13)14-8(5)12;1-2-6(3-7,4-8)5-9;6-1-5(2-7,3-8)4-9;5-1-4(2-6)3-7/h1-2H;1-3H,(H,10,11);7-9H,2-5H2,1H3;6-9H,1-4H2;4-7H,1-3H2. The van der Waals surface area contributed by atoms with E-state index >= 15 is 0 Å². The number of aliphatic hydroxyl groups is 10. The number of benzene rings is 2. The van der Waals surface area contributed by atoms with E-state index in [1.807, 2.05) is 6.92 Å². The molecule has 1 aliphatic heterocycles. The summed E-state index contributed by atoms with van der Waals surface area (Å²) in [6.07, 6.45) is 0.594. The summed E-state index contributed by atoms with van der Waals surface area (Å²) in [4.78, 5) is 77.3. The summed E-state index contributed by atoms with van der Waals surface area (Å²) in [6, 6.07) is 5.94. The molecule has 2 aromatic heterocycles. The molecule has 0 amide bonds. The summed E-state index contributed by atoms with van der Waals surface area (Å²) in [5, 5.41) is 93.1. The van der Waals surface area contributed by atoms with E-state index in [-0.39, 0.29) is 83.8 Å². The van der Waals surface area contributed by atoms with Gasteiger partial charge in [-0.3, -0.25) is 0 Å². The largest absolute Gasteiger partial charge is 0.478 e. The Kier molecular flexibility index (Phi) is 19.5. The van der Waals surface area contributed by atoms with Crippen molar-refractivity contribution in [1.29, 1.82) is 0 Å². The Balaban J connectivity index is 0.000000358. The van der Waals surface area contributed by atoms with E-state index in [0.717, 1.165) is 18.2 Å².